The van der Waals surface area contributed by atoms with Gasteiger partial charge in [-0.3, -0.25) is 9.69 Å². The first kappa shape index (κ1) is 23.4. The number of carbonyl (C=O) groups is 1. The number of aryl methyl sites for hydroxylation is 2. The van der Waals surface area contributed by atoms with Gasteiger partial charge in [0.2, 0.25) is 11.9 Å². The Morgan fingerprint density at radius 3 is 2.70 bits per heavy atom. The van der Waals surface area contributed by atoms with Gasteiger partial charge < -0.3 is 15.3 Å². The van der Waals surface area contributed by atoms with Crippen LogP contribution in [0.2, 0.25) is 5.02 Å². The molecule has 0 spiro atoms. The number of aromatic nitrogens is 2. The van der Waals surface area contributed by atoms with Gasteiger partial charge >= 0.3 is 0 Å². The van der Waals surface area contributed by atoms with E-state index in [0.717, 1.165) is 66.4 Å². The summed E-state index contributed by atoms with van der Waals surface area (Å²) in [6, 6.07) is 13.3. The quantitative estimate of drug-likeness (QED) is 0.551. The maximum Gasteiger partial charge on any atom is 0.226 e. The zero-order valence-corrected chi connectivity index (χ0v) is 19.7. The van der Waals surface area contributed by atoms with Crippen molar-refractivity contribution >= 4 is 40.0 Å². The number of fused-ring (bicyclic) bond motifs is 1. The molecule has 1 fully saturated rings. The van der Waals surface area contributed by atoms with E-state index in [0.29, 0.717) is 24.4 Å². The first-order valence-electron chi connectivity index (χ1n) is 11.4. The van der Waals surface area contributed by atoms with Crippen LogP contribution in [0.4, 0.5) is 11.6 Å². The Hall–Kier alpha value is -2.74. The van der Waals surface area contributed by atoms with Gasteiger partial charge in [-0.1, -0.05) is 23.7 Å². The fourth-order valence-corrected chi connectivity index (χ4v) is 4.28. The second kappa shape index (κ2) is 10.9. The van der Waals surface area contributed by atoms with Gasteiger partial charge in [0, 0.05) is 48.7 Å². The number of halogens is 1. The highest BCUT2D eigenvalue weighted by Crippen LogP contribution is 2.24. The molecule has 2 aromatic carbocycles. The Balaban J connectivity index is 1.42. The van der Waals surface area contributed by atoms with Crippen molar-refractivity contribution in [3.63, 3.8) is 0 Å². The van der Waals surface area contributed by atoms with E-state index >= 15 is 0 Å². The van der Waals surface area contributed by atoms with E-state index in [1.165, 1.54) is 0 Å². The van der Waals surface area contributed by atoms with E-state index in [2.05, 4.69) is 15.1 Å². The predicted molar refractivity (Wildman–Crippen MR) is 133 cm³/mol. The van der Waals surface area contributed by atoms with E-state index in [1.807, 2.05) is 49.4 Å². The average Bonchev–Trinajstić information content (AvgIpc) is 3.05. The molecule has 8 heteroatoms. The van der Waals surface area contributed by atoms with Crippen LogP contribution in [-0.2, 0) is 11.2 Å². The van der Waals surface area contributed by atoms with E-state index in [1.54, 1.807) is 0 Å². The number of carbonyl (C=O) groups excluding carboxylic acids is 1. The molecule has 2 heterocycles. The lowest BCUT2D eigenvalue weighted by molar-refractivity contribution is -0.116. The molecule has 0 saturated carbocycles. The second-order valence-electron chi connectivity index (χ2n) is 8.42. The molecule has 0 bridgehead atoms. The number of anilines is 2. The van der Waals surface area contributed by atoms with E-state index in [9.17, 15) is 9.90 Å². The summed E-state index contributed by atoms with van der Waals surface area (Å²) in [5.41, 5.74) is 3.59. The summed E-state index contributed by atoms with van der Waals surface area (Å²) in [5.74, 6) is 0.710. The highest BCUT2D eigenvalue weighted by atomic mass is 35.5. The average molecular weight is 468 g/mol. The number of rotatable bonds is 7. The Morgan fingerprint density at radius 1 is 1.09 bits per heavy atom. The highest BCUT2D eigenvalue weighted by molar-refractivity contribution is 6.30. The molecule has 1 saturated heterocycles. The molecular formula is C25H30ClN5O2. The van der Waals surface area contributed by atoms with Gasteiger partial charge in [0.15, 0.2) is 0 Å². The van der Waals surface area contributed by atoms with Crippen LogP contribution >= 0.6 is 11.6 Å². The summed E-state index contributed by atoms with van der Waals surface area (Å²) in [5, 5.41) is 13.8. The number of nitrogens with one attached hydrogen (secondary N) is 1. The molecule has 3 aromatic rings. The molecule has 4 rings (SSSR count). The minimum atomic E-state index is -0.0310. The molecular weight excluding hydrogens is 438 g/mol. The van der Waals surface area contributed by atoms with Gasteiger partial charge in [-0.2, -0.15) is 0 Å². The molecule has 1 amide bonds. The summed E-state index contributed by atoms with van der Waals surface area (Å²) in [6.07, 6.45) is 2.07. The number of hydrogen-bond acceptors (Lipinski definition) is 6. The number of amides is 1. The lowest BCUT2D eigenvalue weighted by Gasteiger charge is -2.22. The number of aliphatic hydroxyl groups is 1. The van der Waals surface area contributed by atoms with Crippen molar-refractivity contribution in [3.05, 3.63) is 58.7 Å². The zero-order valence-electron chi connectivity index (χ0n) is 18.9. The largest absolute Gasteiger partial charge is 0.395 e. The fraction of sp³-hybridized carbons (Fsp3) is 0.400. The topological polar surface area (TPSA) is 81.6 Å². The second-order valence-corrected chi connectivity index (χ2v) is 8.86. The van der Waals surface area contributed by atoms with Gasteiger partial charge in [0.1, 0.15) is 0 Å². The van der Waals surface area contributed by atoms with Gasteiger partial charge in [-0.05, 0) is 62.2 Å². The van der Waals surface area contributed by atoms with Crippen molar-refractivity contribution < 1.29 is 9.90 Å². The first-order chi connectivity index (χ1) is 16.0. The summed E-state index contributed by atoms with van der Waals surface area (Å²) >= 11 is 5.92. The standard InChI is InChI=1S/C25H30ClN5O2/c1-18-22-17-21(28-24(33)10-5-19-3-6-20(26)7-4-19)8-9-23(22)29-25(27-18)31-12-2-11-30(13-14-31)15-16-32/h3-4,6-9,17,32H,2,5,10-16H2,1H3,(H,28,33). The monoisotopic (exact) mass is 467 g/mol. The van der Waals surface area contributed by atoms with Gasteiger partial charge in [0.05, 0.1) is 17.8 Å². The lowest BCUT2D eigenvalue weighted by Crippen LogP contribution is -2.33. The molecule has 0 unspecified atom stereocenters. The number of hydrogen-bond donors (Lipinski definition) is 2. The maximum absolute atomic E-state index is 12.4. The molecule has 0 radical (unpaired) electrons. The molecule has 0 aliphatic carbocycles. The molecule has 1 aliphatic rings. The van der Waals surface area contributed by atoms with Gasteiger partial charge in [-0.25, -0.2) is 9.97 Å². The minimum absolute atomic E-state index is 0.0310. The Morgan fingerprint density at radius 2 is 1.91 bits per heavy atom. The number of nitrogens with zero attached hydrogens (tertiary/aromatic N) is 4. The summed E-state index contributed by atoms with van der Waals surface area (Å²) < 4.78 is 0. The molecule has 7 nitrogen and oxygen atoms in total. The molecule has 1 aromatic heterocycles. The predicted octanol–water partition coefficient (Wildman–Crippen LogP) is 3.67. The number of aliphatic hydroxyl groups excluding tert-OH is 1. The van der Waals surface area contributed by atoms with E-state index in [4.69, 9.17) is 21.6 Å². The Kier molecular flexibility index (Phi) is 7.75. The summed E-state index contributed by atoms with van der Waals surface area (Å²) in [6.45, 7) is 6.48. The van der Waals surface area contributed by atoms with Crippen molar-refractivity contribution in [1.82, 2.24) is 14.9 Å². The normalized spacial score (nSPS) is 14.9. The number of benzene rings is 2. The van der Waals surface area contributed by atoms with Gasteiger partial charge in [0.25, 0.3) is 0 Å². The van der Waals surface area contributed by atoms with Gasteiger partial charge in [-0.15, -0.1) is 0 Å². The third-order valence-corrected chi connectivity index (χ3v) is 6.25. The Labute approximate surface area is 199 Å². The lowest BCUT2D eigenvalue weighted by atomic mass is 10.1. The molecule has 0 atom stereocenters. The summed E-state index contributed by atoms with van der Waals surface area (Å²) in [4.78, 5) is 26.5. The van der Waals surface area contributed by atoms with E-state index in [-0.39, 0.29) is 12.5 Å². The van der Waals surface area contributed by atoms with Crippen molar-refractivity contribution in [2.45, 2.75) is 26.2 Å². The van der Waals surface area contributed by atoms with Crippen LogP contribution in [0.1, 0.15) is 24.1 Å². The fourth-order valence-electron chi connectivity index (χ4n) is 4.15. The zero-order chi connectivity index (χ0) is 23.2. The minimum Gasteiger partial charge on any atom is -0.395 e. The van der Waals surface area contributed by atoms with Crippen molar-refractivity contribution in [2.24, 2.45) is 0 Å². The van der Waals surface area contributed by atoms with Crippen LogP contribution in [0.25, 0.3) is 10.9 Å². The summed E-state index contributed by atoms with van der Waals surface area (Å²) in [7, 11) is 0. The third-order valence-electron chi connectivity index (χ3n) is 6.00. The molecule has 2 N–H and O–H groups in total. The first-order valence-corrected chi connectivity index (χ1v) is 11.8. The maximum atomic E-state index is 12.4. The van der Waals surface area contributed by atoms with Crippen LogP contribution in [-0.4, -0.2) is 65.2 Å². The van der Waals surface area contributed by atoms with Crippen LogP contribution in [0, 0.1) is 6.92 Å². The van der Waals surface area contributed by atoms with Crippen molar-refractivity contribution in [2.75, 3.05) is 49.5 Å². The van der Waals surface area contributed by atoms with Crippen LogP contribution in [0.3, 0.4) is 0 Å². The van der Waals surface area contributed by atoms with Crippen LogP contribution in [0.15, 0.2) is 42.5 Å². The smallest absolute Gasteiger partial charge is 0.226 e. The number of β-amino-alcohol motifs (C(OH)–C–C–N with tert-alkyl or cyclic N) is 1. The molecule has 33 heavy (non-hydrogen) atoms. The van der Waals surface area contributed by atoms with E-state index < -0.39 is 0 Å². The Bertz CT molecular complexity index is 1110. The highest BCUT2D eigenvalue weighted by Gasteiger charge is 2.18. The SMILES string of the molecule is Cc1nc(N2CCCN(CCO)CC2)nc2ccc(NC(=O)CCc3ccc(Cl)cc3)cc12. The van der Waals surface area contributed by atoms with Crippen LogP contribution in [0.5, 0.6) is 0 Å². The molecule has 1 aliphatic heterocycles. The van der Waals surface area contributed by atoms with Crippen molar-refractivity contribution in [1.29, 1.82) is 0 Å². The van der Waals surface area contributed by atoms with Crippen molar-refractivity contribution in [3.8, 4) is 0 Å². The third kappa shape index (κ3) is 6.19. The van der Waals surface area contributed by atoms with Crippen LogP contribution < -0.4 is 10.2 Å². The molecule has 174 valence electrons.